The highest BCUT2D eigenvalue weighted by Gasteiger charge is 2.10. The van der Waals surface area contributed by atoms with Crippen molar-refractivity contribution in [2.45, 2.75) is 13.1 Å². The van der Waals surface area contributed by atoms with Crippen LogP contribution < -0.4 is 5.32 Å². The number of nitrogens with zero attached hydrogens (tertiary/aromatic N) is 3. The molecule has 0 aliphatic heterocycles. The van der Waals surface area contributed by atoms with Gasteiger partial charge in [-0.05, 0) is 29.8 Å². The second-order valence-corrected chi connectivity index (χ2v) is 5.82. The number of hydrogen-bond donors (Lipinski definition) is 1. The van der Waals surface area contributed by atoms with Crippen LogP contribution in [0, 0.1) is 11.3 Å². The van der Waals surface area contributed by atoms with Crippen molar-refractivity contribution in [2.75, 3.05) is 14.1 Å². The lowest BCUT2D eigenvalue weighted by atomic mass is 10.1. The number of aliphatic imine (C=N–C) groups is 1. The number of para-hydroxylation sites is 1. The van der Waals surface area contributed by atoms with E-state index in [2.05, 4.69) is 22.4 Å². The van der Waals surface area contributed by atoms with Gasteiger partial charge in [-0.25, -0.2) is 0 Å². The molecule has 0 atom stereocenters. The molecular formula is C20H20N4O. The molecule has 0 aliphatic rings. The molecule has 5 nitrogen and oxygen atoms in total. The van der Waals surface area contributed by atoms with E-state index < -0.39 is 0 Å². The minimum atomic E-state index is 0.627. The van der Waals surface area contributed by atoms with E-state index in [0.717, 1.165) is 28.3 Å². The number of hydrogen-bond acceptors (Lipinski definition) is 3. The molecule has 0 saturated heterocycles. The number of nitriles is 1. The Balaban J connectivity index is 1.62. The van der Waals surface area contributed by atoms with Crippen molar-refractivity contribution in [3.63, 3.8) is 0 Å². The van der Waals surface area contributed by atoms with E-state index in [1.165, 1.54) is 0 Å². The topological polar surface area (TPSA) is 64.6 Å². The van der Waals surface area contributed by atoms with E-state index in [1.807, 2.05) is 60.5 Å². The number of benzene rings is 2. The van der Waals surface area contributed by atoms with Crippen molar-refractivity contribution in [3.05, 3.63) is 71.5 Å². The monoisotopic (exact) mass is 332 g/mol. The van der Waals surface area contributed by atoms with E-state index in [-0.39, 0.29) is 0 Å². The normalized spacial score (nSPS) is 11.3. The summed E-state index contributed by atoms with van der Waals surface area (Å²) in [7, 11) is 3.73. The Morgan fingerprint density at radius 2 is 1.96 bits per heavy atom. The number of furan rings is 1. The van der Waals surface area contributed by atoms with Gasteiger partial charge in [0.25, 0.3) is 0 Å². The third-order valence-corrected chi connectivity index (χ3v) is 3.98. The quantitative estimate of drug-likeness (QED) is 0.586. The first-order chi connectivity index (χ1) is 12.2. The van der Waals surface area contributed by atoms with Crippen LogP contribution in [0.2, 0.25) is 0 Å². The molecule has 0 bridgehead atoms. The van der Waals surface area contributed by atoms with E-state index >= 15 is 0 Å². The summed E-state index contributed by atoms with van der Waals surface area (Å²) in [6.45, 7) is 1.27. The van der Waals surface area contributed by atoms with Crippen molar-refractivity contribution < 1.29 is 4.42 Å². The third kappa shape index (κ3) is 3.99. The van der Waals surface area contributed by atoms with E-state index in [1.54, 1.807) is 7.05 Å². The zero-order chi connectivity index (χ0) is 17.6. The summed E-state index contributed by atoms with van der Waals surface area (Å²) in [5.74, 6) is 1.68. The van der Waals surface area contributed by atoms with E-state index in [9.17, 15) is 0 Å². The average molecular weight is 332 g/mol. The second kappa shape index (κ2) is 7.54. The van der Waals surface area contributed by atoms with Gasteiger partial charge in [0.1, 0.15) is 11.3 Å². The number of rotatable bonds is 4. The predicted molar refractivity (Wildman–Crippen MR) is 99.0 cm³/mol. The maximum atomic E-state index is 8.85. The Kier molecular flexibility index (Phi) is 5.00. The van der Waals surface area contributed by atoms with Crippen LogP contribution in [0.5, 0.6) is 0 Å². The van der Waals surface area contributed by atoms with Crippen molar-refractivity contribution in [1.82, 2.24) is 10.2 Å². The molecule has 1 N–H and O–H groups in total. The van der Waals surface area contributed by atoms with Crippen LogP contribution >= 0.6 is 0 Å². The molecule has 5 heteroatoms. The summed E-state index contributed by atoms with van der Waals surface area (Å²) in [4.78, 5) is 6.34. The lowest BCUT2D eigenvalue weighted by Gasteiger charge is -2.21. The zero-order valence-corrected chi connectivity index (χ0v) is 14.4. The molecule has 1 aromatic heterocycles. The van der Waals surface area contributed by atoms with Gasteiger partial charge in [-0.15, -0.1) is 0 Å². The molecule has 3 aromatic rings. The van der Waals surface area contributed by atoms with Crippen LogP contribution in [0.25, 0.3) is 11.0 Å². The van der Waals surface area contributed by atoms with Gasteiger partial charge in [-0.3, -0.25) is 4.99 Å². The van der Waals surface area contributed by atoms with Gasteiger partial charge in [0.05, 0.1) is 18.2 Å². The largest absolute Gasteiger partial charge is 0.459 e. The van der Waals surface area contributed by atoms with Crippen LogP contribution in [-0.2, 0) is 13.1 Å². The Hall–Kier alpha value is -3.26. The first-order valence-electron chi connectivity index (χ1n) is 8.08. The minimum absolute atomic E-state index is 0.627. The summed E-state index contributed by atoms with van der Waals surface area (Å²) in [6, 6.07) is 19.7. The fraction of sp³-hybridized carbons (Fsp3) is 0.200. The Labute approximate surface area is 147 Å². The molecular weight excluding hydrogens is 312 g/mol. The van der Waals surface area contributed by atoms with Crippen LogP contribution in [0.3, 0.4) is 0 Å². The lowest BCUT2D eigenvalue weighted by molar-refractivity contribution is 0.412. The highest BCUT2D eigenvalue weighted by molar-refractivity contribution is 5.80. The molecule has 1 heterocycles. The van der Waals surface area contributed by atoms with Crippen LogP contribution in [0.4, 0.5) is 0 Å². The lowest BCUT2D eigenvalue weighted by Crippen LogP contribution is -2.37. The standard InChI is InChI=1S/C20H20N4O/c1-22-20(23-13-16-9-7-15(12-21)8-10-16)24(2)14-18-11-17-5-3-4-6-19(17)25-18/h3-11H,13-14H2,1-2H3,(H,22,23). The Morgan fingerprint density at radius 3 is 2.64 bits per heavy atom. The van der Waals surface area contributed by atoms with E-state index in [4.69, 9.17) is 9.68 Å². The molecule has 0 radical (unpaired) electrons. The fourth-order valence-corrected chi connectivity index (χ4v) is 2.69. The molecule has 0 fully saturated rings. The van der Waals surface area contributed by atoms with Crippen molar-refractivity contribution >= 4 is 16.9 Å². The first-order valence-corrected chi connectivity index (χ1v) is 8.08. The van der Waals surface area contributed by atoms with Crippen molar-refractivity contribution in [3.8, 4) is 6.07 Å². The smallest absolute Gasteiger partial charge is 0.194 e. The molecule has 25 heavy (non-hydrogen) atoms. The SMILES string of the molecule is CN=C(NCc1ccc(C#N)cc1)N(C)Cc1cc2ccccc2o1. The molecule has 126 valence electrons. The summed E-state index contributed by atoms with van der Waals surface area (Å²) in [5.41, 5.74) is 2.65. The average Bonchev–Trinajstić information content (AvgIpc) is 3.05. The third-order valence-electron chi connectivity index (χ3n) is 3.98. The molecule has 3 rings (SSSR count). The fourth-order valence-electron chi connectivity index (χ4n) is 2.69. The van der Waals surface area contributed by atoms with Crippen molar-refractivity contribution in [2.24, 2.45) is 4.99 Å². The molecule has 0 saturated carbocycles. The number of fused-ring (bicyclic) bond motifs is 1. The maximum absolute atomic E-state index is 8.85. The minimum Gasteiger partial charge on any atom is -0.459 e. The zero-order valence-electron chi connectivity index (χ0n) is 14.4. The number of guanidine groups is 1. The summed E-state index contributed by atoms with van der Waals surface area (Å²) < 4.78 is 5.87. The first kappa shape index (κ1) is 16.6. The maximum Gasteiger partial charge on any atom is 0.194 e. The van der Waals surface area contributed by atoms with Gasteiger partial charge in [0.15, 0.2) is 5.96 Å². The Morgan fingerprint density at radius 1 is 1.20 bits per heavy atom. The highest BCUT2D eigenvalue weighted by atomic mass is 16.3. The van der Waals surface area contributed by atoms with Crippen LogP contribution in [0.1, 0.15) is 16.9 Å². The molecule has 0 unspecified atom stereocenters. The summed E-state index contributed by atoms with van der Waals surface area (Å²) >= 11 is 0. The summed E-state index contributed by atoms with van der Waals surface area (Å²) in [5, 5.41) is 13.3. The highest BCUT2D eigenvalue weighted by Crippen LogP contribution is 2.19. The van der Waals surface area contributed by atoms with Crippen LogP contribution in [-0.4, -0.2) is 25.0 Å². The Bertz CT molecular complexity index is 886. The molecule has 0 aliphatic carbocycles. The molecule has 0 spiro atoms. The van der Waals surface area contributed by atoms with Gasteiger partial charge < -0.3 is 14.6 Å². The van der Waals surface area contributed by atoms with Gasteiger partial charge in [-0.1, -0.05) is 30.3 Å². The van der Waals surface area contributed by atoms with Gasteiger partial charge in [0.2, 0.25) is 0 Å². The van der Waals surface area contributed by atoms with E-state index in [0.29, 0.717) is 18.7 Å². The van der Waals surface area contributed by atoms with Gasteiger partial charge >= 0.3 is 0 Å². The second-order valence-electron chi connectivity index (χ2n) is 5.82. The molecule has 0 amide bonds. The van der Waals surface area contributed by atoms with Crippen LogP contribution in [0.15, 0.2) is 64.0 Å². The van der Waals surface area contributed by atoms with Crippen molar-refractivity contribution in [1.29, 1.82) is 5.26 Å². The predicted octanol–water partition coefficient (Wildman–Crippen LogP) is 3.51. The van der Waals surface area contributed by atoms with Gasteiger partial charge in [-0.2, -0.15) is 5.26 Å². The van der Waals surface area contributed by atoms with Gasteiger partial charge in [0, 0.05) is 26.0 Å². The molecule has 2 aromatic carbocycles. The summed E-state index contributed by atoms with van der Waals surface area (Å²) in [6.07, 6.45) is 0. The number of nitrogens with one attached hydrogen (secondary N) is 1.